The topological polar surface area (TPSA) is 52.2 Å². The molecule has 0 bridgehead atoms. The summed E-state index contributed by atoms with van der Waals surface area (Å²) < 4.78 is 16.4. The largest absolute Gasteiger partial charge is 0.300 e. The molecule has 0 aliphatic heterocycles. The molecule has 0 spiro atoms. The van der Waals surface area contributed by atoms with Gasteiger partial charge in [0, 0.05) is 18.1 Å². The zero-order valence-corrected chi connectivity index (χ0v) is 14.9. The van der Waals surface area contributed by atoms with Gasteiger partial charge < -0.3 is 0 Å². The number of hydrogen-bond donors (Lipinski definition) is 0. The van der Waals surface area contributed by atoms with Crippen LogP contribution >= 0.6 is 23.4 Å². The van der Waals surface area contributed by atoms with E-state index >= 15 is 0 Å². The second kappa shape index (κ2) is 6.80. The minimum atomic E-state index is -0.521. The van der Waals surface area contributed by atoms with E-state index in [2.05, 4.69) is 10.2 Å². The number of thioether (sulfide) groups is 1. The third kappa shape index (κ3) is 3.18. The molecule has 8 heteroatoms. The van der Waals surface area contributed by atoms with Crippen molar-refractivity contribution in [2.45, 2.75) is 30.8 Å². The molecule has 0 atom stereocenters. The van der Waals surface area contributed by atoms with E-state index in [9.17, 15) is 9.18 Å². The third-order valence-corrected chi connectivity index (χ3v) is 6.01. The van der Waals surface area contributed by atoms with Crippen molar-refractivity contribution in [2.24, 2.45) is 5.92 Å². The van der Waals surface area contributed by atoms with Gasteiger partial charge >= 0.3 is 5.56 Å². The number of rotatable bonds is 4. The lowest BCUT2D eigenvalue weighted by Gasteiger charge is -2.08. The minimum Gasteiger partial charge on any atom is -0.280 e. The van der Waals surface area contributed by atoms with Gasteiger partial charge in [0.1, 0.15) is 5.82 Å². The van der Waals surface area contributed by atoms with Crippen LogP contribution in [0.15, 0.2) is 40.5 Å². The Labute approximate surface area is 152 Å². The van der Waals surface area contributed by atoms with Gasteiger partial charge in [0.2, 0.25) is 5.65 Å². The van der Waals surface area contributed by atoms with Gasteiger partial charge in [-0.1, -0.05) is 36.2 Å². The van der Waals surface area contributed by atoms with Crippen molar-refractivity contribution in [3.63, 3.8) is 0 Å². The average Bonchev–Trinajstić information content (AvgIpc) is 3.26. The first kappa shape index (κ1) is 16.6. The Morgan fingerprint density at radius 3 is 2.80 bits per heavy atom. The van der Waals surface area contributed by atoms with E-state index in [0.717, 1.165) is 16.8 Å². The van der Waals surface area contributed by atoms with E-state index in [1.165, 1.54) is 48.4 Å². The number of hydrogen-bond acceptors (Lipinski definition) is 4. The lowest BCUT2D eigenvalue weighted by molar-refractivity contribution is 0.622. The van der Waals surface area contributed by atoms with Crippen molar-refractivity contribution in [2.75, 3.05) is 5.75 Å². The van der Waals surface area contributed by atoms with Crippen LogP contribution in [-0.2, 0) is 0 Å². The van der Waals surface area contributed by atoms with Crippen LogP contribution in [0.25, 0.3) is 11.3 Å². The fourth-order valence-corrected chi connectivity index (χ4v) is 4.45. The van der Waals surface area contributed by atoms with Crippen molar-refractivity contribution in [3.8, 4) is 5.69 Å². The molecule has 4 rings (SSSR count). The van der Waals surface area contributed by atoms with Gasteiger partial charge in [-0.25, -0.2) is 4.39 Å². The van der Waals surface area contributed by atoms with Crippen LogP contribution in [0, 0.1) is 11.7 Å². The lowest BCUT2D eigenvalue weighted by Crippen LogP contribution is -2.20. The highest BCUT2D eigenvalue weighted by atomic mass is 35.5. The Morgan fingerprint density at radius 2 is 2.04 bits per heavy atom. The fraction of sp³-hybridized carbons (Fsp3) is 0.353. The van der Waals surface area contributed by atoms with Gasteiger partial charge in [-0.15, -0.1) is 10.2 Å². The molecule has 0 unspecified atom stereocenters. The standard InChI is InChI=1S/C17H16ClFN4OS/c18-13-9-12(5-6-14(13)19)22-7-8-23-15(16(22)24)20-21-17(23)25-10-11-3-1-2-4-11/h5-9,11H,1-4,10H2. The smallest absolute Gasteiger partial charge is 0.280 e. The molecule has 0 radical (unpaired) electrons. The number of halogens is 2. The molecule has 0 amide bonds. The first-order valence-corrected chi connectivity index (χ1v) is 9.54. The first-order valence-electron chi connectivity index (χ1n) is 8.18. The van der Waals surface area contributed by atoms with Gasteiger partial charge in [-0.3, -0.25) is 13.8 Å². The minimum absolute atomic E-state index is 0.0291. The summed E-state index contributed by atoms with van der Waals surface area (Å²) in [6.07, 6.45) is 8.52. The Kier molecular flexibility index (Phi) is 4.52. The molecule has 1 aromatic carbocycles. The molecule has 130 valence electrons. The summed E-state index contributed by atoms with van der Waals surface area (Å²) >= 11 is 7.45. The summed E-state index contributed by atoms with van der Waals surface area (Å²) in [5.41, 5.74) is 0.421. The lowest BCUT2D eigenvalue weighted by atomic mass is 10.1. The van der Waals surface area contributed by atoms with Gasteiger partial charge in [-0.05, 0) is 37.0 Å². The van der Waals surface area contributed by atoms with Crippen LogP contribution in [-0.4, -0.2) is 24.9 Å². The normalized spacial score (nSPS) is 15.3. The summed E-state index contributed by atoms with van der Waals surface area (Å²) in [7, 11) is 0. The monoisotopic (exact) mass is 378 g/mol. The second-order valence-corrected chi connectivity index (χ2v) is 7.60. The van der Waals surface area contributed by atoms with Crippen molar-refractivity contribution < 1.29 is 4.39 Å². The molecule has 1 fully saturated rings. The van der Waals surface area contributed by atoms with Crippen LogP contribution in [0.5, 0.6) is 0 Å². The highest BCUT2D eigenvalue weighted by molar-refractivity contribution is 7.99. The highest BCUT2D eigenvalue weighted by Crippen LogP contribution is 2.30. The predicted molar refractivity (Wildman–Crippen MR) is 96.2 cm³/mol. The summed E-state index contributed by atoms with van der Waals surface area (Å²) in [6, 6.07) is 4.16. The van der Waals surface area contributed by atoms with E-state index < -0.39 is 5.82 Å². The Hall–Kier alpha value is -1.86. The molecular formula is C17H16ClFN4OS. The highest BCUT2D eigenvalue weighted by Gasteiger charge is 2.18. The average molecular weight is 379 g/mol. The number of fused-ring (bicyclic) bond motifs is 1. The van der Waals surface area contributed by atoms with E-state index in [4.69, 9.17) is 11.6 Å². The molecule has 5 nitrogen and oxygen atoms in total. The maximum atomic E-state index is 13.3. The summed E-state index contributed by atoms with van der Waals surface area (Å²) in [4.78, 5) is 12.7. The molecule has 0 N–H and O–H groups in total. The van der Waals surface area contributed by atoms with Crippen molar-refractivity contribution in [1.29, 1.82) is 0 Å². The summed E-state index contributed by atoms with van der Waals surface area (Å²) in [6.45, 7) is 0. The molecule has 2 heterocycles. The molecule has 1 saturated carbocycles. The van der Waals surface area contributed by atoms with Crippen LogP contribution in [0.1, 0.15) is 25.7 Å². The summed E-state index contributed by atoms with van der Waals surface area (Å²) in [5, 5.41) is 8.90. The molecule has 2 aromatic heterocycles. The third-order valence-electron chi connectivity index (χ3n) is 4.54. The van der Waals surface area contributed by atoms with Crippen LogP contribution in [0.4, 0.5) is 4.39 Å². The maximum absolute atomic E-state index is 13.3. The quantitative estimate of drug-likeness (QED) is 0.645. The Morgan fingerprint density at radius 1 is 1.24 bits per heavy atom. The van der Waals surface area contributed by atoms with E-state index in [1.54, 1.807) is 28.6 Å². The van der Waals surface area contributed by atoms with Gasteiger partial charge in [0.25, 0.3) is 0 Å². The van der Waals surface area contributed by atoms with Crippen molar-refractivity contribution in [3.05, 3.63) is 51.8 Å². The zero-order valence-electron chi connectivity index (χ0n) is 13.4. The fourth-order valence-electron chi connectivity index (χ4n) is 3.17. The van der Waals surface area contributed by atoms with E-state index in [-0.39, 0.29) is 16.2 Å². The number of benzene rings is 1. The predicted octanol–water partition coefficient (Wildman–Crippen LogP) is 3.96. The molecular weight excluding hydrogens is 363 g/mol. The van der Waals surface area contributed by atoms with Crippen LogP contribution < -0.4 is 5.56 Å². The van der Waals surface area contributed by atoms with Crippen molar-refractivity contribution >= 4 is 29.0 Å². The maximum Gasteiger partial charge on any atom is 0.300 e. The van der Waals surface area contributed by atoms with Crippen LogP contribution in [0.3, 0.4) is 0 Å². The van der Waals surface area contributed by atoms with Crippen molar-refractivity contribution in [1.82, 2.24) is 19.2 Å². The summed E-state index contributed by atoms with van der Waals surface area (Å²) in [5.74, 6) is 1.20. The van der Waals surface area contributed by atoms with E-state index in [1.807, 2.05) is 0 Å². The second-order valence-electron chi connectivity index (χ2n) is 6.21. The van der Waals surface area contributed by atoms with Crippen LogP contribution in [0.2, 0.25) is 5.02 Å². The Bertz CT molecular complexity index is 980. The Balaban J connectivity index is 1.66. The van der Waals surface area contributed by atoms with Gasteiger partial charge in [0.15, 0.2) is 5.16 Å². The SMILES string of the molecule is O=c1c2nnc(SCC3CCCC3)n2ccn1-c1ccc(F)c(Cl)c1. The molecule has 25 heavy (non-hydrogen) atoms. The van der Waals surface area contributed by atoms with Gasteiger partial charge in [-0.2, -0.15) is 0 Å². The van der Waals surface area contributed by atoms with E-state index in [0.29, 0.717) is 5.69 Å². The number of aromatic nitrogens is 4. The molecule has 1 aliphatic carbocycles. The zero-order chi connectivity index (χ0) is 17.4. The molecule has 3 aromatic rings. The molecule has 1 aliphatic rings. The number of nitrogens with zero attached hydrogens (tertiary/aromatic N) is 4. The van der Waals surface area contributed by atoms with Gasteiger partial charge in [0.05, 0.1) is 10.7 Å². The molecule has 0 saturated heterocycles. The first-order chi connectivity index (χ1) is 12.1.